The number of hydrogen-bond donors (Lipinski definition) is 0. The van der Waals surface area contributed by atoms with Gasteiger partial charge in [-0.25, -0.2) is 0 Å². The van der Waals surface area contributed by atoms with Crippen LogP contribution in [0.1, 0.15) is 19.8 Å². The Bertz CT molecular complexity index is 528. The monoisotopic (exact) mass is 248 g/mol. The van der Waals surface area contributed by atoms with Crippen molar-refractivity contribution in [3.05, 3.63) is 36.5 Å². The molecule has 1 aromatic carbocycles. The molecule has 1 aromatic heterocycles. The number of rotatable bonds is 5. The first kappa shape index (κ1) is 12.2. The smallest absolute Gasteiger partial charge is 0.251 e. The van der Waals surface area contributed by atoms with Crippen LogP contribution in [0.3, 0.4) is 0 Å². The Morgan fingerprint density at radius 1 is 1.35 bits per heavy atom. The molecule has 4 heteroatoms. The van der Waals surface area contributed by atoms with E-state index in [9.17, 15) is 4.57 Å². The van der Waals surface area contributed by atoms with E-state index in [0.29, 0.717) is 11.9 Å². The maximum Gasteiger partial charge on any atom is 0.550 e. The van der Waals surface area contributed by atoms with Gasteiger partial charge in [0.1, 0.15) is 6.61 Å². The molecule has 0 radical (unpaired) electrons. The number of nitrogens with zero attached hydrogens (tertiary/aromatic N) is 1. The van der Waals surface area contributed by atoms with E-state index in [-0.39, 0.29) is 0 Å². The molecule has 2 rings (SSSR count). The Hall–Kier alpha value is -1.31. The van der Waals surface area contributed by atoms with Crippen molar-refractivity contribution in [2.45, 2.75) is 19.8 Å². The molecule has 0 fully saturated rings. The van der Waals surface area contributed by atoms with Gasteiger partial charge in [-0.05, 0) is 17.1 Å². The van der Waals surface area contributed by atoms with Gasteiger partial charge in [0.05, 0.1) is 11.7 Å². The van der Waals surface area contributed by atoms with E-state index in [1.54, 1.807) is 6.20 Å². The van der Waals surface area contributed by atoms with Gasteiger partial charge in [-0.1, -0.05) is 31.5 Å². The summed E-state index contributed by atoms with van der Waals surface area (Å²) in [7, 11) is -1.77. The molecule has 0 spiro atoms. The van der Waals surface area contributed by atoms with Crippen LogP contribution in [-0.2, 0) is 9.09 Å². The number of aromatic nitrogens is 1. The third-order valence-corrected chi connectivity index (χ3v) is 3.58. The zero-order valence-electron chi connectivity index (χ0n) is 9.80. The summed E-state index contributed by atoms with van der Waals surface area (Å²) >= 11 is 0. The van der Waals surface area contributed by atoms with Crippen molar-refractivity contribution < 1.29 is 9.09 Å². The van der Waals surface area contributed by atoms with Gasteiger partial charge in [-0.2, -0.15) is 0 Å². The highest BCUT2D eigenvalue weighted by atomic mass is 31.1. The number of para-hydroxylation sites is 1. The molecule has 0 saturated carbocycles. The summed E-state index contributed by atoms with van der Waals surface area (Å²) in [6.45, 7) is 2.62. The standard InChI is InChI=1S/C13H15NO2P/c1-2-3-8-16-17(15)12-9-11-6-4-5-7-13(11)14-10-12/h4-7,9-10H,2-3,8H2,1H3/q+1. The SMILES string of the molecule is CCCCO[P+](=O)c1cnc2ccccc2c1. The van der Waals surface area contributed by atoms with E-state index >= 15 is 0 Å². The Balaban J connectivity index is 2.15. The predicted molar refractivity (Wildman–Crippen MR) is 69.8 cm³/mol. The van der Waals surface area contributed by atoms with E-state index in [4.69, 9.17) is 4.52 Å². The highest BCUT2D eigenvalue weighted by molar-refractivity contribution is 7.48. The fraction of sp³-hybridized carbons (Fsp3) is 0.308. The first-order valence-electron chi connectivity index (χ1n) is 5.76. The zero-order chi connectivity index (χ0) is 12.1. The summed E-state index contributed by atoms with van der Waals surface area (Å²) in [6, 6.07) is 9.66. The van der Waals surface area contributed by atoms with Gasteiger partial charge in [-0.15, -0.1) is 4.52 Å². The Labute approximate surface area is 102 Å². The minimum atomic E-state index is -1.77. The second-order valence-electron chi connectivity index (χ2n) is 3.83. The van der Waals surface area contributed by atoms with E-state index in [0.717, 1.165) is 23.7 Å². The minimum Gasteiger partial charge on any atom is -0.251 e. The highest BCUT2D eigenvalue weighted by Gasteiger charge is 2.22. The molecule has 1 unspecified atom stereocenters. The van der Waals surface area contributed by atoms with Crippen LogP contribution in [0.2, 0.25) is 0 Å². The van der Waals surface area contributed by atoms with Gasteiger partial charge in [-0.3, -0.25) is 4.98 Å². The molecule has 0 amide bonds. The normalized spacial score (nSPS) is 11.7. The van der Waals surface area contributed by atoms with Crippen molar-refractivity contribution in [3.8, 4) is 0 Å². The van der Waals surface area contributed by atoms with Crippen molar-refractivity contribution in [2.24, 2.45) is 0 Å². The third-order valence-electron chi connectivity index (χ3n) is 2.49. The predicted octanol–water partition coefficient (Wildman–Crippen LogP) is 3.42. The number of hydrogen-bond acceptors (Lipinski definition) is 3. The van der Waals surface area contributed by atoms with Crippen molar-refractivity contribution in [1.82, 2.24) is 4.98 Å². The molecule has 0 bridgehead atoms. The number of pyridine rings is 1. The van der Waals surface area contributed by atoms with Crippen LogP contribution in [-0.4, -0.2) is 11.6 Å². The fourth-order valence-corrected chi connectivity index (χ4v) is 2.37. The van der Waals surface area contributed by atoms with Gasteiger partial charge in [0.25, 0.3) is 0 Å². The first-order chi connectivity index (χ1) is 8.31. The number of unbranched alkanes of at least 4 members (excludes halogenated alkanes) is 1. The summed E-state index contributed by atoms with van der Waals surface area (Å²) < 4.78 is 17.1. The summed E-state index contributed by atoms with van der Waals surface area (Å²) in [6.07, 6.45) is 3.61. The summed E-state index contributed by atoms with van der Waals surface area (Å²) in [5.74, 6) is 0. The lowest BCUT2D eigenvalue weighted by Gasteiger charge is -1.95. The number of fused-ring (bicyclic) bond motifs is 1. The van der Waals surface area contributed by atoms with E-state index in [1.165, 1.54) is 0 Å². The number of benzene rings is 1. The zero-order valence-corrected chi connectivity index (χ0v) is 10.7. The van der Waals surface area contributed by atoms with Gasteiger partial charge in [0.15, 0.2) is 0 Å². The molecule has 3 nitrogen and oxygen atoms in total. The lowest BCUT2D eigenvalue weighted by Crippen LogP contribution is -2.00. The molecule has 0 saturated heterocycles. The maximum atomic E-state index is 11.8. The molecule has 0 aliphatic rings. The van der Waals surface area contributed by atoms with Gasteiger partial charge in [0.2, 0.25) is 5.30 Å². The van der Waals surface area contributed by atoms with Crippen LogP contribution in [0.5, 0.6) is 0 Å². The van der Waals surface area contributed by atoms with Crippen LogP contribution >= 0.6 is 8.03 Å². The third kappa shape index (κ3) is 3.09. The molecule has 0 N–H and O–H groups in total. The molecular formula is C13H15NO2P+. The Kier molecular flexibility index (Phi) is 4.18. The lowest BCUT2D eigenvalue weighted by molar-refractivity contribution is 0.326. The average Bonchev–Trinajstić information content (AvgIpc) is 2.38. The Morgan fingerprint density at radius 2 is 2.18 bits per heavy atom. The fourth-order valence-electron chi connectivity index (χ4n) is 1.53. The van der Waals surface area contributed by atoms with Crippen LogP contribution in [0.4, 0.5) is 0 Å². The van der Waals surface area contributed by atoms with E-state index in [1.807, 2.05) is 30.3 Å². The molecule has 1 atom stereocenters. The summed E-state index contributed by atoms with van der Waals surface area (Å²) in [4.78, 5) is 4.27. The summed E-state index contributed by atoms with van der Waals surface area (Å²) in [5.41, 5.74) is 0.910. The van der Waals surface area contributed by atoms with Crippen molar-refractivity contribution in [3.63, 3.8) is 0 Å². The summed E-state index contributed by atoms with van der Waals surface area (Å²) in [5, 5.41) is 1.65. The second-order valence-corrected chi connectivity index (χ2v) is 5.12. The lowest BCUT2D eigenvalue weighted by atomic mass is 10.2. The van der Waals surface area contributed by atoms with Crippen LogP contribution in [0.15, 0.2) is 36.5 Å². The topological polar surface area (TPSA) is 39.2 Å². The van der Waals surface area contributed by atoms with E-state index < -0.39 is 8.03 Å². The molecule has 0 aliphatic heterocycles. The van der Waals surface area contributed by atoms with Gasteiger partial charge < -0.3 is 0 Å². The molecule has 2 aromatic rings. The quantitative estimate of drug-likeness (QED) is 0.601. The average molecular weight is 248 g/mol. The van der Waals surface area contributed by atoms with Crippen molar-refractivity contribution in [1.29, 1.82) is 0 Å². The maximum absolute atomic E-state index is 11.8. The minimum absolute atomic E-state index is 0.540. The van der Waals surface area contributed by atoms with Crippen LogP contribution in [0.25, 0.3) is 10.9 Å². The molecular weight excluding hydrogens is 233 g/mol. The van der Waals surface area contributed by atoms with Crippen LogP contribution in [0, 0.1) is 0 Å². The molecule has 88 valence electrons. The highest BCUT2D eigenvalue weighted by Crippen LogP contribution is 2.23. The van der Waals surface area contributed by atoms with Crippen molar-refractivity contribution >= 4 is 24.2 Å². The second kappa shape index (κ2) is 5.85. The van der Waals surface area contributed by atoms with Crippen molar-refractivity contribution in [2.75, 3.05) is 6.61 Å². The van der Waals surface area contributed by atoms with Gasteiger partial charge >= 0.3 is 8.03 Å². The first-order valence-corrected chi connectivity index (χ1v) is 6.94. The molecule has 1 heterocycles. The largest absolute Gasteiger partial charge is 0.550 e. The van der Waals surface area contributed by atoms with E-state index in [2.05, 4.69) is 11.9 Å². The van der Waals surface area contributed by atoms with Crippen LogP contribution < -0.4 is 5.30 Å². The van der Waals surface area contributed by atoms with Gasteiger partial charge in [0, 0.05) is 11.5 Å². The molecule has 17 heavy (non-hydrogen) atoms. The Morgan fingerprint density at radius 3 is 3.00 bits per heavy atom. The molecule has 0 aliphatic carbocycles.